The minimum atomic E-state index is -1.79. The maximum absolute atomic E-state index is 13.3. The van der Waals surface area contributed by atoms with Crippen LogP contribution >= 0.6 is 0 Å². The first-order chi connectivity index (χ1) is 40.6. The lowest BCUT2D eigenvalue weighted by Crippen LogP contribution is -2.65. The van der Waals surface area contributed by atoms with E-state index in [1.165, 1.54) is 141 Å². The van der Waals surface area contributed by atoms with E-state index in [-0.39, 0.29) is 12.5 Å². The van der Waals surface area contributed by atoms with Crippen LogP contribution in [-0.4, -0.2) is 140 Å². The van der Waals surface area contributed by atoms with E-state index >= 15 is 0 Å². The summed E-state index contributed by atoms with van der Waals surface area (Å²) in [5.41, 5.74) is 0. The molecule has 83 heavy (non-hydrogen) atoms. The summed E-state index contributed by atoms with van der Waals surface area (Å²) < 4.78 is 22.9. The predicted octanol–water partition coefficient (Wildman–Crippen LogP) is 13.1. The van der Waals surface area contributed by atoms with Crippen molar-refractivity contribution in [1.82, 2.24) is 5.32 Å². The van der Waals surface area contributed by atoms with Crippen molar-refractivity contribution in [3.8, 4) is 0 Å². The zero-order chi connectivity index (χ0) is 60.2. The van der Waals surface area contributed by atoms with Crippen molar-refractivity contribution >= 4 is 5.91 Å². The Bertz CT molecular complexity index is 1670. The van der Waals surface area contributed by atoms with Gasteiger partial charge in [0.2, 0.25) is 5.91 Å². The molecule has 12 unspecified atom stereocenters. The van der Waals surface area contributed by atoms with Crippen LogP contribution in [0.3, 0.4) is 0 Å². The summed E-state index contributed by atoms with van der Waals surface area (Å²) in [6.07, 6.45) is 54.7. The molecule has 0 bridgehead atoms. The Labute approximate surface area is 504 Å². The lowest BCUT2D eigenvalue weighted by atomic mass is 9.97. The molecule has 14 heteroatoms. The van der Waals surface area contributed by atoms with Crippen molar-refractivity contribution < 1.29 is 64.6 Å². The zero-order valence-electron chi connectivity index (χ0n) is 52.2. The number of aliphatic hydroxyl groups is 8. The highest BCUT2D eigenvalue weighted by Gasteiger charge is 2.51. The second-order valence-corrected chi connectivity index (χ2v) is 23.6. The van der Waals surface area contributed by atoms with Crippen molar-refractivity contribution in [1.29, 1.82) is 0 Å². The smallest absolute Gasteiger partial charge is 0.220 e. The van der Waals surface area contributed by atoms with Crippen LogP contribution in [0, 0.1) is 0 Å². The molecular formula is C69H123NO13. The third-order valence-electron chi connectivity index (χ3n) is 16.2. The van der Waals surface area contributed by atoms with Crippen molar-refractivity contribution in [3.05, 3.63) is 72.9 Å². The molecule has 0 spiro atoms. The fourth-order valence-corrected chi connectivity index (χ4v) is 10.8. The predicted molar refractivity (Wildman–Crippen MR) is 337 cm³/mol. The molecule has 12 atom stereocenters. The summed E-state index contributed by atoms with van der Waals surface area (Å²) >= 11 is 0. The first-order valence-electron chi connectivity index (χ1n) is 33.7. The van der Waals surface area contributed by atoms with Crippen molar-refractivity contribution in [2.45, 2.75) is 338 Å². The van der Waals surface area contributed by atoms with Gasteiger partial charge in [0.15, 0.2) is 12.6 Å². The summed E-state index contributed by atoms with van der Waals surface area (Å²) in [4.78, 5) is 13.3. The highest BCUT2D eigenvalue weighted by Crippen LogP contribution is 2.30. The lowest BCUT2D eigenvalue weighted by Gasteiger charge is -2.46. The van der Waals surface area contributed by atoms with Gasteiger partial charge in [-0.05, 0) is 64.2 Å². The number of aliphatic hydroxyl groups excluding tert-OH is 8. The van der Waals surface area contributed by atoms with E-state index in [0.717, 1.165) is 89.9 Å². The van der Waals surface area contributed by atoms with Gasteiger partial charge in [-0.3, -0.25) is 4.79 Å². The normalized spacial score (nSPS) is 24.3. The first-order valence-corrected chi connectivity index (χ1v) is 33.7. The van der Waals surface area contributed by atoms with Crippen LogP contribution in [0.1, 0.15) is 264 Å². The van der Waals surface area contributed by atoms with Gasteiger partial charge >= 0.3 is 0 Å². The third kappa shape index (κ3) is 38.4. The molecule has 0 aromatic carbocycles. The number of ether oxygens (including phenoxy) is 4. The number of hydrogen-bond acceptors (Lipinski definition) is 13. The molecule has 2 heterocycles. The summed E-state index contributed by atoms with van der Waals surface area (Å²) in [5, 5.41) is 87.5. The second-order valence-electron chi connectivity index (χ2n) is 23.6. The second kappa shape index (κ2) is 53.7. The largest absolute Gasteiger partial charge is 0.394 e. The molecule has 1 amide bonds. The van der Waals surface area contributed by atoms with Gasteiger partial charge in [-0.25, -0.2) is 0 Å². The SMILES string of the molecule is CC/C=C\C/C=C\C/C=C\C/C=C\C/C=C\C/C=C\CCCCCCCCCCC(=O)NC(COC1OC(CO)C(OC2OC(CO)C(O)C(O)C2O)C(O)C1O)C(O)CCCCCCCCCCCCCCCCCCCCCCCC. The average Bonchev–Trinajstić information content (AvgIpc) is 3.65. The Morgan fingerprint density at radius 3 is 1.28 bits per heavy atom. The van der Waals surface area contributed by atoms with E-state index in [2.05, 4.69) is 92.1 Å². The van der Waals surface area contributed by atoms with E-state index in [0.29, 0.717) is 19.3 Å². The molecule has 0 aliphatic carbocycles. The van der Waals surface area contributed by atoms with Crippen molar-refractivity contribution in [2.24, 2.45) is 0 Å². The Morgan fingerprint density at radius 1 is 0.446 bits per heavy atom. The average molecular weight is 1170 g/mol. The maximum atomic E-state index is 13.3. The van der Waals surface area contributed by atoms with Gasteiger partial charge in [-0.2, -0.15) is 0 Å². The van der Waals surface area contributed by atoms with Gasteiger partial charge in [0, 0.05) is 6.42 Å². The Kier molecular flexibility index (Phi) is 49.5. The molecule has 14 nitrogen and oxygen atoms in total. The number of carbonyl (C=O) groups is 1. The molecule has 0 saturated carbocycles. The molecule has 2 rings (SSSR count). The number of carbonyl (C=O) groups excluding carboxylic acids is 1. The molecule has 9 N–H and O–H groups in total. The van der Waals surface area contributed by atoms with Gasteiger partial charge < -0.3 is 65.1 Å². The summed E-state index contributed by atoms with van der Waals surface area (Å²) in [6.45, 7) is 2.77. The van der Waals surface area contributed by atoms with E-state index < -0.39 is 86.8 Å². The molecule has 2 fully saturated rings. The van der Waals surface area contributed by atoms with Crippen LogP contribution in [-0.2, 0) is 23.7 Å². The number of nitrogens with one attached hydrogen (secondary N) is 1. The van der Waals surface area contributed by atoms with Crippen LogP contribution in [0.5, 0.6) is 0 Å². The monoisotopic (exact) mass is 1170 g/mol. The van der Waals surface area contributed by atoms with Gasteiger partial charge in [-0.1, -0.05) is 267 Å². The molecule has 0 radical (unpaired) electrons. The summed E-state index contributed by atoms with van der Waals surface area (Å²) in [5.74, 6) is -0.215. The first kappa shape index (κ1) is 76.5. The van der Waals surface area contributed by atoms with E-state index in [1.54, 1.807) is 0 Å². The number of amides is 1. The molecule has 482 valence electrons. The van der Waals surface area contributed by atoms with Crippen LogP contribution in [0.15, 0.2) is 72.9 Å². The highest BCUT2D eigenvalue weighted by molar-refractivity contribution is 5.76. The number of rotatable bonds is 54. The zero-order valence-corrected chi connectivity index (χ0v) is 52.2. The molecule has 2 aliphatic rings. The molecule has 0 aromatic heterocycles. The summed E-state index contributed by atoms with van der Waals surface area (Å²) in [6, 6.07) is -0.839. The number of hydrogen-bond donors (Lipinski definition) is 9. The minimum absolute atomic E-state index is 0.215. The van der Waals surface area contributed by atoms with Crippen LogP contribution < -0.4 is 5.32 Å². The molecule has 0 aromatic rings. The Hall–Kier alpha value is -2.57. The van der Waals surface area contributed by atoms with Gasteiger partial charge in [0.1, 0.15) is 48.8 Å². The Morgan fingerprint density at radius 2 is 0.831 bits per heavy atom. The minimum Gasteiger partial charge on any atom is -0.394 e. The number of allylic oxidation sites excluding steroid dienone is 12. The van der Waals surface area contributed by atoms with Crippen LogP contribution in [0.25, 0.3) is 0 Å². The quantitative estimate of drug-likeness (QED) is 0.0204. The standard InChI is InChI=1S/C69H123NO13/c1-3-5-7-9-11-13-15-17-19-21-23-25-27-28-29-30-31-33-35-37-39-41-43-45-47-49-51-53-61(74)70-57(56-80-68-66(79)64(77)67(60(55-72)82-68)83-69-65(78)63(76)62(75)59(54-71)81-69)58(73)52-50-48-46-44-42-40-38-36-34-32-26-24-22-20-18-16-14-12-10-8-6-4-2/h5,7,11,13,17,19,23,25,28-29,31,33,57-60,62-69,71-73,75-79H,3-4,6,8-10,12,14-16,18,20-22,24,26-27,30,32,34-56H2,1-2H3,(H,70,74)/b7-5-,13-11-,19-17-,25-23-,29-28-,33-31-. The maximum Gasteiger partial charge on any atom is 0.220 e. The van der Waals surface area contributed by atoms with E-state index in [4.69, 9.17) is 18.9 Å². The lowest BCUT2D eigenvalue weighted by molar-refractivity contribution is -0.359. The summed E-state index contributed by atoms with van der Waals surface area (Å²) in [7, 11) is 0. The van der Waals surface area contributed by atoms with E-state index in [1.807, 2.05) is 0 Å². The number of unbranched alkanes of at least 4 members (excludes halogenated alkanes) is 29. The Balaban J connectivity index is 1.71. The molecule has 2 saturated heterocycles. The molecular weight excluding hydrogens is 1050 g/mol. The highest BCUT2D eigenvalue weighted by atomic mass is 16.7. The van der Waals surface area contributed by atoms with Gasteiger partial charge in [0.25, 0.3) is 0 Å². The van der Waals surface area contributed by atoms with Crippen molar-refractivity contribution in [3.63, 3.8) is 0 Å². The van der Waals surface area contributed by atoms with E-state index in [9.17, 15) is 45.6 Å². The molecule has 2 aliphatic heterocycles. The van der Waals surface area contributed by atoms with Gasteiger partial charge in [-0.15, -0.1) is 0 Å². The fourth-order valence-electron chi connectivity index (χ4n) is 10.8. The van der Waals surface area contributed by atoms with Crippen LogP contribution in [0.2, 0.25) is 0 Å². The van der Waals surface area contributed by atoms with Crippen molar-refractivity contribution in [2.75, 3.05) is 19.8 Å². The third-order valence-corrected chi connectivity index (χ3v) is 16.2. The fraction of sp³-hybridized carbons (Fsp3) is 0.812. The van der Waals surface area contributed by atoms with Crippen LogP contribution in [0.4, 0.5) is 0 Å². The van der Waals surface area contributed by atoms with Gasteiger partial charge in [0.05, 0.1) is 32.0 Å². The topological polar surface area (TPSA) is 228 Å².